The lowest BCUT2D eigenvalue weighted by Crippen LogP contribution is -2.42. The molecule has 19 heavy (non-hydrogen) atoms. The number of sulfonamides is 1. The molecule has 0 saturated carbocycles. The van der Waals surface area contributed by atoms with Crippen molar-refractivity contribution >= 4 is 21.4 Å². The molecule has 0 aliphatic carbocycles. The van der Waals surface area contributed by atoms with E-state index >= 15 is 0 Å². The van der Waals surface area contributed by atoms with Crippen LogP contribution >= 0.6 is 11.3 Å². The molecule has 0 radical (unpaired) electrons. The van der Waals surface area contributed by atoms with E-state index in [0.717, 1.165) is 6.42 Å². The molecular formula is C13H24N2O2S2. The van der Waals surface area contributed by atoms with E-state index in [1.807, 2.05) is 7.05 Å². The molecule has 0 saturated heterocycles. The van der Waals surface area contributed by atoms with Gasteiger partial charge >= 0.3 is 0 Å². The smallest absolute Gasteiger partial charge is 0.252 e. The van der Waals surface area contributed by atoms with Crippen molar-refractivity contribution in [3.63, 3.8) is 0 Å². The van der Waals surface area contributed by atoms with Crippen LogP contribution in [0.5, 0.6) is 0 Å². The molecule has 1 atom stereocenters. The Balaban J connectivity index is 2.75. The molecule has 1 rings (SSSR count). The van der Waals surface area contributed by atoms with Crippen molar-refractivity contribution < 1.29 is 8.42 Å². The summed E-state index contributed by atoms with van der Waals surface area (Å²) in [6.07, 6.45) is 0.924. The summed E-state index contributed by atoms with van der Waals surface area (Å²) in [7, 11) is 0.173. The second-order valence-corrected chi connectivity index (χ2v) is 9.19. The van der Waals surface area contributed by atoms with E-state index in [0.29, 0.717) is 10.8 Å². The summed E-state index contributed by atoms with van der Waals surface area (Å²) in [4.78, 5) is 0. The van der Waals surface area contributed by atoms with E-state index in [9.17, 15) is 8.42 Å². The number of hydrogen-bond donors (Lipinski definition) is 1. The molecule has 6 heteroatoms. The van der Waals surface area contributed by atoms with Gasteiger partial charge in [0.15, 0.2) is 0 Å². The molecule has 0 aromatic carbocycles. The van der Waals surface area contributed by atoms with Crippen LogP contribution in [-0.2, 0) is 10.0 Å². The van der Waals surface area contributed by atoms with Gasteiger partial charge in [0.1, 0.15) is 4.21 Å². The van der Waals surface area contributed by atoms with E-state index < -0.39 is 10.0 Å². The van der Waals surface area contributed by atoms with Gasteiger partial charge in [-0.25, -0.2) is 8.42 Å². The van der Waals surface area contributed by atoms with Gasteiger partial charge in [-0.2, -0.15) is 4.31 Å². The highest BCUT2D eigenvalue weighted by molar-refractivity contribution is 7.91. The third-order valence-electron chi connectivity index (χ3n) is 2.90. The number of nitrogens with one attached hydrogen (secondary N) is 1. The molecule has 1 aromatic rings. The van der Waals surface area contributed by atoms with Crippen LogP contribution in [0.1, 0.15) is 27.2 Å². The molecule has 0 unspecified atom stereocenters. The molecule has 0 fully saturated rings. The van der Waals surface area contributed by atoms with E-state index in [2.05, 4.69) is 26.1 Å². The maximum absolute atomic E-state index is 12.3. The van der Waals surface area contributed by atoms with Crippen LogP contribution in [-0.4, -0.2) is 39.4 Å². The van der Waals surface area contributed by atoms with Crippen LogP contribution in [0.15, 0.2) is 21.7 Å². The second-order valence-electron chi connectivity index (χ2n) is 5.97. The maximum atomic E-state index is 12.3. The first kappa shape index (κ1) is 16.6. The molecule has 1 N–H and O–H groups in total. The van der Waals surface area contributed by atoms with Gasteiger partial charge in [-0.05, 0) is 30.3 Å². The van der Waals surface area contributed by atoms with Gasteiger partial charge in [-0.15, -0.1) is 11.3 Å². The number of likely N-dealkylation sites (N-methyl/N-ethyl adjacent to an activating group) is 2. The van der Waals surface area contributed by atoms with Gasteiger partial charge in [0.25, 0.3) is 10.0 Å². The van der Waals surface area contributed by atoms with Crippen molar-refractivity contribution in [3.05, 3.63) is 17.5 Å². The Kier molecular flexibility index (Phi) is 5.55. The van der Waals surface area contributed by atoms with Crippen LogP contribution < -0.4 is 5.32 Å². The minimum atomic E-state index is -3.34. The summed E-state index contributed by atoms with van der Waals surface area (Å²) < 4.78 is 26.5. The second kappa shape index (κ2) is 6.35. The van der Waals surface area contributed by atoms with Crippen molar-refractivity contribution in [2.24, 2.45) is 5.41 Å². The van der Waals surface area contributed by atoms with E-state index in [1.165, 1.54) is 15.6 Å². The third kappa shape index (κ3) is 4.87. The Hall–Kier alpha value is -0.430. The van der Waals surface area contributed by atoms with Gasteiger partial charge < -0.3 is 5.32 Å². The highest BCUT2D eigenvalue weighted by Crippen LogP contribution is 2.23. The molecule has 0 aliphatic heterocycles. The quantitative estimate of drug-likeness (QED) is 0.878. The topological polar surface area (TPSA) is 49.4 Å². The predicted molar refractivity (Wildman–Crippen MR) is 81.1 cm³/mol. The Bertz CT molecular complexity index is 475. The summed E-state index contributed by atoms with van der Waals surface area (Å²) >= 11 is 1.26. The number of rotatable bonds is 6. The van der Waals surface area contributed by atoms with Crippen LogP contribution in [0.3, 0.4) is 0 Å². The molecule has 1 aromatic heterocycles. The zero-order chi connectivity index (χ0) is 14.7. The third-order valence-corrected chi connectivity index (χ3v) is 6.10. The van der Waals surface area contributed by atoms with Crippen LogP contribution in [0.2, 0.25) is 0 Å². The first-order valence-electron chi connectivity index (χ1n) is 6.34. The fraction of sp³-hybridized carbons (Fsp3) is 0.692. The highest BCUT2D eigenvalue weighted by Gasteiger charge is 2.26. The van der Waals surface area contributed by atoms with Gasteiger partial charge in [-0.1, -0.05) is 26.8 Å². The zero-order valence-corrected chi connectivity index (χ0v) is 13.9. The number of thiophene rings is 1. The van der Waals surface area contributed by atoms with E-state index in [-0.39, 0.29) is 11.5 Å². The number of nitrogens with zero attached hydrogens (tertiary/aromatic N) is 1. The molecule has 0 bridgehead atoms. The fourth-order valence-corrected chi connectivity index (χ4v) is 4.39. The first-order valence-corrected chi connectivity index (χ1v) is 8.66. The lowest BCUT2D eigenvalue weighted by molar-refractivity contribution is 0.288. The molecular weight excluding hydrogens is 280 g/mol. The monoisotopic (exact) mass is 304 g/mol. The van der Waals surface area contributed by atoms with Crippen LogP contribution in [0.4, 0.5) is 0 Å². The van der Waals surface area contributed by atoms with Crippen molar-refractivity contribution in [1.82, 2.24) is 9.62 Å². The summed E-state index contributed by atoms with van der Waals surface area (Å²) in [5.41, 5.74) is 0.168. The van der Waals surface area contributed by atoms with Crippen molar-refractivity contribution in [2.45, 2.75) is 37.4 Å². The van der Waals surface area contributed by atoms with E-state index in [4.69, 9.17) is 0 Å². The summed E-state index contributed by atoms with van der Waals surface area (Å²) in [6.45, 7) is 6.95. The predicted octanol–water partition coefficient (Wildman–Crippen LogP) is 2.39. The fourth-order valence-electron chi connectivity index (χ4n) is 1.97. The van der Waals surface area contributed by atoms with E-state index in [1.54, 1.807) is 24.6 Å². The zero-order valence-electron chi connectivity index (χ0n) is 12.3. The standard InChI is InChI=1S/C13H24N2O2S2/c1-13(2,3)9-11(14-4)10-15(5)19(16,17)12-7-6-8-18-12/h6-8,11,14H,9-10H2,1-5H3/t11-/m0/s1. The molecule has 0 spiro atoms. The van der Waals surface area contributed by atoms with Gasteiger partial charge in [0, 0.05) is 19.6 Å². The molecule has 0 amide bonds. The van der Waals surface area contributed by atoms with Gasteiger partial charge in [0.2, 0.25) is 0 Å². The first-order chi connectivity index (χ1) is 8.66. The van der Waals surface area contributed by atoms with Gasteiger partial charge in [-0.3, -0.25) is 0 Å². The molecule has 4 nitrogen and oxygen atoms in total. The Morgan fingerprint density at radius 1 is 1.42 bits per heavy atom. The summed E-state index contributed by atoms with van der Waals surface area (Å²) in [5.74, 6) is 0. The Morgan fingerprint density at radius 2 is 2.05 bits per heavy atom. The number of hydrogen-bond acceptors (Lipinski definition) is 4. The molecule has 1 heterocycles. The van der Waals surface area contributed by atoms with Crippen LogP contribution in [0.25, 0.3) is 0 Å². The maximum Gasteiger partial charge on any atom is 0.252 e. The minimum absolute atomic E-state index is 0.153. The lowest BCUT2D eigenvalue weighted by atomic mass is 9.88. The minimum Gasteiger partial charge on any atom is -0.316 e. The van der Waals surface area contributed by atoms with Crippen molar-refractivity contribution in [1.29, 1.82) is 0 Å². The normalized spacial score (nSPS) is 14.8. The summed E-state index contributed by atoms with van der Waals surface area (Å²) in [6, 6.07) is 3.56. The average Bonchev–Trinajstić information content (AvgIpc) is 2.79. The SMILES string of the molecule is CN[C@H](CN(C)S(=O)(=O)c1cccs1)CC(C)(C)C. The highest BCUT2D eigenvalue weighted by atomic mass is 32.2. The largest absolute Gasteiger partial charge is 0.316 e. The van der Waals surface area contributed by atoms with Crippen LogP contribution in [0, 0.1) is 5.41 Å². The molecule has 110 valence electrons. The summed E-state index contributed by atoms with van der Waals surface area (Å²) in [5, 5.41) is 4.99. The van der Waals surface area contributed by atoms with Crippen molar-refractivity contribution in [3.8, 4) is 0 Å². The average molecular weight is 304 g/mol. The molecule has 0 aliphatic rings. The van der Waals surface area contributed by atoms with Crippen molar-refractivity contribution in [2.75, 3.05) is 20.6 Å². The lowest BCUT2D eigenvalue weighted by Gasteiger charge is -2.28. The van der Waals surface area contributed by atoms with Gasteiger partial charge in [0.05, 0.1) is 0 Å². The Labute approximate surface area is 120 Å². The Morgan fingerprint density at radius 3 is 2.47 bits per heavy atom.